The molecule has 0 heterocycles. The summed E-state index contributed by atoms with van der Waals surface area (Å²) < 4.78 is 42.5. The Labute approximate surface area is 139 Å². The number of alkyl halides is 2. The van der Waals surface area contributed by atoms with Crippen LogP contribution in [0, 0.1) is 5.82 Å². The zero-order valence-electron chi connectivity index (χ0n) is 12.1. The van der Waals surface area contributed by atoms with E-state index < -0.39 is 18.3 Å². The largest absolute Gasteiger partial charge is 0.435 e. The predicted octanol–water partition coefficient (Wildman–Crippen LogP) is 4.46. The molecule has 0 spiro atoms. The first-order valence-electron chi connectivity index (χ1n) is 6.61. The molecule has 0 saturated heterocycles. The molecule has 0 atom stereocenters. The summed E-state index contributed by atoms with van der Waals surface area (Å²) in [6, 6.07) is 9.90. The number of amides is 1. The van der Waals surface area contributed by atoms with E-state index in [1.165, 1.54) is 29.2 Å². The standard InChI is InChI=1S/C16H13BrF3NO2/c1-21(15(22)13-8-11(18)5-6-14(13)17)9-10-3-2-4-12(7-10)23-16(19)20/h2-8,16H,9H2,1H3. The van der Waals surface area contributed by atoms with E-state index in [0.29, 0.717) is 10.0 Å². The van der Waals surface area contributed by atoms with E-state index in [1.54, 1.807) is 19.2 Å². The number of nitrogens with zero attached hydrogens (tertiary/aromatic N) is 1. The molecule has 0 saturated carbocycles. The van der Waals surface area contributed by atoms with Gasteiger partial charge in [-0.25, -0.2) is 4.39 Å². The Hall–Kier alpha value is -2.02. The van der Waals surface area contributed by atoms with Crippen LogP contribution in [-0.2, 0) is 6.54 Å². The fourth-order valence-electron chi connectivity index (χ4n) is 2.03. The van der Waals surface area contributed by atoms with Crippen molar-refractivity contribution in [1.29, 1.82) is 0 Å². The van der Waals surface area contributed by atoms with Gasteiger partial charge in [-0.1, -0.05) is 12.1 Å². The van der Waals surface area contributed by atoms with Crippen LogP contribution in [0.1, 0.15) is 15.9 Å². The van der Waals surface area contributed by atoms with Crippen molar-refractivity contribution in [2.24, 2.45) is 0 Å². The van der Waals surface area contributed by atoms with Crippen LogP contribution in [0.15, 0.2) is 46.9 Å². The van der Waals surface area contributed by atoms with Gasteiger partial charge in [0.2, 0.25) is 0 Å². The third kappa shape index (κ3) is 4.72. The molecule has 0 aliphatic rings. The number of halogens is 4. The second-order valence-corrected chi connectivity index (χ2v) is 5.67. The molecule has 2 rings (SSSR count). The van der Waals surface area contributed by atoms with E-state index in [0.717, 1.165) is 6.07 Å². The molecule has 0 aliphatic heterocycles. The maximum absolute atomic E-state index is 13.3. The predicted molar refractivity (Wildman–Crippen MR) is 83.0 cm³/mol. The number of hydrogen-bond donors (Lipinski definition) is 0. The molecule has 0 aliphatic carbocycles. The van der Waals surface area contributed by atoms with E-state index in [1.807, 2.05) is 0 Å². The normalized spacial score (nSPS) is 10.7. The van der Waals surface area contributed by atoms with Crippen LogP contribution in [0.4, 0.5) is 13.2 Å². The van der Waals surface area contributed by atoms with Crippen molar-refractivity contribution in [3.8, 4) is 5.75 Å². The SMILES string of the molecule is CN(Cc1cccc(OC(F)F)c1)C(=O)c1cc(F)ccc1Br. The van der Waals surface area contributed by atoms with Gasteiger partial charge in [0.1, 0.15) is 11.6 Å². The lowest BCUT2D eigenvalue weighted by molar-refractivity contribution is -0.0499. The molecule has 2 aromatic rings. The van der Waals surface area contributed by atoms with Crippen LogP contribution in [0.5, 0.6) is 5.75 Å². The average molecular weight is 388 g/mol. The minimum absolute atomic E-state index is 0.0188. The highest BCUT2D eigenvalue weighted by atomic mass is 79.9. The Morgan fingerprint density at radius 3 is 2.70 bits per heavy atom. The zero-order chi connectivity index (χ0) is 17.0. The van der Waals surface area contributed by atoms with Gasteiger partial charge >= 0.3 is 6.61 Å². The minimum Gasteiger partial charge on any atom is -0.435 e. The Kier molecular flexibility index (Phi) is 5.65. The van der Waals surface area contributed by atoms with Gasteiger partial charge < -0.3 is 9.64 Å². The summed E-state index contributed by atoms with van der Waals surface area (Å²) in [6.07, 6.45) is 0. The van der Waals surface area contributed by atoms with Crippen LogP contribution in [0.25, 0.3) is 0 Å². The molecule has 0 bridgehead atoms. The van der Waals surface area contributed by atoms with Crippen molar-refractivity contribution < 1.29 is 22.7 Å². The smallest absolute Gasteiger partial charge is 0.387 e. The highest BCUT2D eigenvalue weighted by molar-refractivity contribution is 9.10. The van der Waals surface area contributed by atoms with Crippen molar-refractivity contribution in [3.05, 3.63) is 63.9 Å². The first-order valence-corrected chi connectivity index (χ1v) is 7.40. The van der Waals surface area contributed by atoms with Gasteiger partial charge in [-0.05, 0) is 51.8 Å². The molecule has 7 heteroatoms. The van der Waals surface area contributed by atoms with Gasteiger partial charge in [0.25, 0.3) is 5.91 Å². The number of hydrogen-bond acceptors (Lipinski definition) is 2. The lowest BCUT2D eigenvalue weighted by Crippen LogP contribution is -2.26. The topological polar surface area (TPSA) is 29.5 Å². The second-order valence-electron chi connectivity index (χ2n) is 4.81. The highest BCUT2D eigenvalue weighted by Crippen LogP contribution is 2.21. The number of rotatable bonds is 5. The second kappa shape index (κ2) is 7.50. The van der Waals surface area contributed by atoms with Crippen LogP contribution >= 0.6 is 15.9 Å². The monoisotopic (exact) mass is 387 g/mol. The first kappa shape index (κ1) is 17.3. The molecule has 0 radical (unpaired) electrons. The van der Waals surface area contributed by atoms with Crippen LogP contribution in [0.2, 0.25) is 0 Å². The fourth-order valence-corrected chi connectivity index (χ4v) is 2.45. The van der Waals surface area contributed by atoms with Gasteiger partial charge in [-0.15, -0.1) is 0 Å². The quantitative estimate of drug-likeness (QED) is 0.757. The summed E-state index contributed by atoms with van der Waals surface area (Å²) in [7, 11) is 1.54. The highest BCUT2D eigenvalue weighted by Gasteiger charge is 2.16. The number of carbonyl (C=O) groups is 1. The number of benzene rings is 2. The van der Waals surface area contributed by atoms with Crippen molar-refractivity contribution in [3.63, 3.8) is 0 Å². The molecule has 0 fully saturated rings. The average Bonchev–Trinajstić information content (AvgIpc) is 2.48. The molecule has 0 N–H and O–H groups in total. The summed E-state index contributed by atoms with van der Waals surface area (Å²) in [5.74, 6) is -0.890. The van der Waals surface area contributed by atoms with Crippen molar-refractivity contribution >= 4 is 21.8 Å². The van der Waals surface area contributed by atoms with Gasteiger partial charge in [0.15, 0.2) is 0 Å². The lowest BCUT2D eigenvalue weighted by atomic mass is 10.1. The summed E-state index contributed by atoms with van der Waals surface area (Å²) in [6.45, 7) is -2.74. The van der Waals surface area contributed by atoms with Crippen molar-refractivity contribution in [2.75, 3.05) is 7.05 Å². The molecule has 1 amide bonds. The maximum atomic E-state index is 13.3. The van der Waals surface area contributed by atoms with E-state index in [-0.39, 0.29) is 17.9 Å². The maximum Gasteiger partial charge on any atom is 0.387 e. The molecule has 0 unspecified atom stereocenters. The van der Waals surface area contributed by atoms with Gasteiger partial charge in [-0.2, -0.15) is 8.78 Å². The first-order chi connectivity index (χ1) is 10.9. The Morgan fingerprint density at radius 1 is 1.26 bits per heavy atom. The molecule has 0 aromatic heterocycles. The molecule has 122 valence electrons. The third-order valence-electron chi connectivity index (χ3n) is 3.05. The Balaban J connectivity index is 2.13. The summed E-state index contributed by atoms with van der Waals surface area (Å²) >= 11 is 3.21. The van der Waals surface area contributed by atoms with E-state index in [2.05, 4.69) is 20.7 Å². The zero-order valence-corrected chi connectivity index (χ0v) is 13.7. The van der Waals surface area contributed by atoms with Crippen LogP contribution in [-0.4, -0.2) is 24.5 Å². The van der Waals surface area contributed by atoms with E-state index >= 15 is 0 Å². The molecular weight excluding hydrogens is 375 g/mol. The van der Waals surface area contributed by atoms with Gasteiger partial charge in [-0.3, -0.25) is 4.79 Å². The molecule has 2 aromatic carbocycles. The number of ether oxygens (including phenoxy) is 1. The third-order valence-corrected chi connectivity index (χ3v) is 3.74. The minimum atomic E-state index is -2.91. The summed E-state index contributed by atoms with van der Waals surface area (Å²) in [5.41, 5.74) is 0.805. The van der Waals surface area contributed by atoms with E-state index in [4.69, 9.17) is 0 Å². The fraction of sp³-hybridized carbons (Fsp3) is 0.188. The summed E-state index contributed by atoms with van der Waals surface area (Å²) in [4.78, 5) is 13.7. The lowest BCUT2D eigenvalue weighted by Gasteiger charge is -2.18. The number of carbonyl (C=O) groups excluding carboxylic acids is 1. The van der Waals surface area contributed by atoms with Crippen LogP contribution < -0.4 is 4.74 Å². The van der Waals surface area contributed by atoms with Crippen molar-refractivity contribution in [1.82, 2.24) is 4.90 Å². The molecule has 23 heavy (non-hydrogen) atoms. The Bertz CT molecular complexity index is 709. The molecule has 3 nitrogen and oxygen atoms in total. The van der Waals surface area contributed by atoms with Gasteiger partial charge in [0.05, 0.1) is 5.56 Å². The van der Waals surface area contributed by atoms with Gasteiger partial charge in [0, 0.05) is 18.1 Å². The molecular formula is C16H13BrF3NO2. The van der Waals surface area contributed by atoms with E-state index in [9.17, 15) is 18.0 Å². The van der Waals surface area contributed by atoms with Crippen LogP contribution in [0.3, 0.4) is 0 Å². The Morgan fingerprint density at radius 2 is 2.00 bits per heavy atom. The van der Waals surface area contributed by atoms with Crippen molar-refractivity contribution in [2.45, 2.75) is 13.2 Å². The summed E-state index contributed by atoms with van der Waals surface area (Å²) in [5, 5.41) is 0.